The Hall–Kier alpha value is -1.79. The molecule has 1 aliphatic carbocycles. The first-order chi connectivity index (χ1) is 10.5. The lowest BCUT2D eigenvalue weighted by Crippen LogP contribution is -2.54. The van der Waals surface area contributed by atoms with Gasteiger partial charge < -0.3 is 19.6 Å². The summed E-state index contributed by atoms with van der Waals surface area (Å²) in [5.74, 6) is 0.0138. The number of hydrogen-bond donors (Lipinski definition) is 0. The van der Waals surface area contributed by atoms with Crippen molar-refractivity contribution in [3.8, 4) is 0 Å². The van der Waals surface area contributed by atoms with Crippen molar-refractivity contribution in [1.29, 1.82) is 0 Å². The minimum absolute atomic E-state index is 0.0111. The molecule has 0 radical (unpaired) electrons. The van der Waals surface area contributed by atoms with Gasteiger partial charge >= 0.3 is 6.03 Å². The molecule has 3 rings (SSSR count). The number of carbonyl (C=O) groups is 3. The third kappa shape index (κ3) is 2.89. The summed E-state index contributed by atoms with van der Waals surface area (Å²) >= 11 is 0. The van der Waals surface area contributed by atoms with E-state index in [0.29, 0.717) is 45.2 Å². The molecule has 2 saturated heterocycles. The molecule has 0 bridgehead atoms. The third-order valence-corrected chi connectivity index (χ3v) is 4.74. The first-order valence-electron chi connectivity index (χ1n) is 8.02. The molecule has 2 heterocycles. The van der Waals surface area contributed by atoms with Crippen LogP contribution in [0.25, 0.3) is 0 Å². The Balaban J connectivity index is 1.52. The average molecular weight is 308 g/mol. The number of urea groups is 1. The maximum absolute atomic E-state index is 12.6. The smallest absolute Gasteiger partial charge is 0.319 e. The Morgan fingerprint density at radius 1 is 1.05 bits per heavy atom. The van der Waals surface area contributed by atoms with Crippen LogP contribution in [0.3, 0.4) is 0 Å². The van der Waals surface area contributed by atoms with Gasteiger partial charge in [-0.3, -0.25) is 9.59 Å². The van der Waals surface area contributed by atoms with Gasteiger partial charge in [0.2, 0.25) is 11.8 Å². The molecule has 3 aliphatic rings. The van der Waals surface area contributed by atoms with Crippen molar-refractivity contribution in [3.05, 3.63) is 0 Å². The Morgan fingerprint density at radius 3 is 2.18 bits per heavy atom. The highest BCUT2D eigenvalue weighted by molar-refractivity contribution is 5.89. The van der Waals surface area contributed by atoms with Crippen molar-refractivity contribution in [1.82, 2.24) is 19.6 Å². The summed E-state index contributed by atoms with van der Waals surface area (Å²) in [4.78, 5) is 43.5. The summed E-state index contributed by atoms with van der Waals surface area (Å²) in [6, 6.07) is 0.378. The van der Waals surface area contributed by atoms with E-state index in [-0.39, 0.29) is 23.8 Å². The highest BCUT2D eigenvalue weighted by Crippen LogP contribution is 2.33. The van der Waals surface area contributed by atoms with E-state index in [4.69, 9.17) is 0 Å². The fraction of sp³-hybridized carbons (Fsp3) is 0.800. The van der Waals surface area contributed by atoms with Crippen LogP contribution in [0.1, 0.15) is 19.3 Å². The van der Waals surface area contributed by atoms with Crippen molar-refractivity contribution in [3.63, 3.8) is 0 Å². The van der Waals surface area contributed by atoms with E-state index >= 15 is 0 Å². The molecule has 0 N–H and O–H groups in total. The number of amides is 4. The largest absolute Gasteiger partial charge is 0.339 e. The maximum Gasteiger partial charge on any atom is 0.319 e. The van der Waals surface area contributed by atoms with Crippen molar-refractivity contribution < 1.29 is 14.4 Å². The average Bonchev–Trinajstić information content (AvgIpc) is 3.28. The summed E-state index contributed by atoms with van der Waals surface area (Å²) in [6.45, 7) is 2.84. The molecule has 0 aromatic rings. The number of piperazine rings is 1. The highest BCUT2D eigenvalue weighted by Gasteiger charge is 2.43. The zero-order valence-electron chi connectivity index (χ0n) is 13.3. The normalized spacial score (nSPS) is 25.6. The van der Waals surface area contributed by atoms with Crippen LogP contribution in [-0.2, 0) is 9.59 Å². The van der Waals surface area contributed by atoms with Gasteiger partial charge in [-0.25, -0.2) is 4.79 Å². The maximum atomic E-state index is 12.6. The lowest BCUT2D eigenvalue weighted by molar-refractivity contribution is -0.137. The minimum atomic E-state index is -0.191. The second-order valence-electron chi connectivity index (χ2n) is 6.67. The van der Waals surface area contributed by atoms with Crippen LogP contribution in [0.5, 0.6) is 0 Å². The molecule has 0 aromatic carbocycles. The zero-order valence-corrected chi connectivity index (χ0v) is 13.3. The first kappa shape index (κ1) is 15.1. The van der Waals surface area contributed by atoms with Gasteiger partial charge in [-0.05, 0) is 12.8 Å². The highest BCUT2D eigenvalue weighted by atomic mass is 16.2. The van der Waals surface area contributed by atoms with E-state index in [2.05, 4.69) is 0 Å². The van der Waals surface area contributed by atoms with Crippen molar-refractivity contribution in [2.75, 3.05) is 46.8 Å². The van der Waals surface area contributed by atoms with Gasteiger partial charge in [0.1, 0.15) is 0 Å². The molecule has 3 fully saturated rings. The predicted molar refractivity (Wildman–Crippen MR) is 80.1 cm³/mol. The first-order valence-corrected chi connectivity index (χ1v) is 8.02. The van der Waals surface area contributed by atoms with Gasteiger partial charge in [0.25, 0.3) is 0 Å². The van der Waals surface area contributed by atoms with Gasteiger partial charge in [0, 0.05) is 59.3 Å². The van der Waals surface area contributed by atoms with Gasteiger partial charge in [0.05, 0.1) is 5.92 Å². The van der Waals surface area contributed by atoms with Crippen molar-refractivity contribution >= 4 is 17.8 Å². The molecule has 2 aliphatic heterocycles. The Morgan fingerprint density at radius 2 is 1.64 bits per heavy atom. The molecule has 0 spiro atoms. The third-order valence-electron chi connectivity index (χ3n) is 4.74. The summed E-state index contributed by atoms with van der Waals surface area (Å²) in [6.07, 6.45) is 2.52. The quantitative estimate of drug-likeness (QED) is 0.711. The van der Waals surface area contributed by atoms with Crippen LogP contribution in [0, 0.1) is 5.92 Å². The molecular weight excluding hydrogens is 284 g/mol. The van der Waals surface area contributed by atoms with E-state index in [9.17, 15) is 14.4 Å². The molecule has 4 amide bonds. The topological polar surface area (TPSA) is 64.2 Å². The minimum Gasteiger partial charge on any atom is -0.339 e. The summed E-state index contributed by atoms with van der Waals surface area (Å²) in [5, 5.41) is 0. The second-order valence-corrected chi connectivity index (χ2v) is 6.67. The molecule has 0 aromatic heterocycles. The van der Waals surface area contributed by atoms with Crippen molar-refractivity contribution in [2.45, 2.75) is 25.3 Å². The molecule has 7 nitrogen and oxygen atoms in total. The Bertz CT molecular complexity index is 481. The van der Waals surface area contributed by atoms with E-state index in [1.54, 1.807) is 23.9 Å². The van der Waals surface area contributed by atoms with Crippen LogP contribution < -0.4 is 0 Å². The molecule has 22 heavy (non-hydrogen) atoms. The number of carbonyl (C=O) groups excluding carboxylic acids is 3. The fourth-order valence-corrected chi connectivity index (χ4v) is 3.30. The Labute approximate surface area is 130 Å². The van der Waals surface area contributed by atoms with Crippen LogP contribution in [0.15, 0.2) is 0 Å². The Kier molecular flexibility index (Phi) is 3.97. The van der Waals surface area contributed by atoms with Gasteiger partial charge in [-0.2, -0.15) is 0 Å². The van der Waals surface area contributed by atoms with Crippen LogP contribution in [0.4, 0.5) is 4.79 Å². The number of likely N-dealkylation sites (tertiary alicyclic amines) is 1. The number of nitrogens with zero attached hydrogens (tertiary/aromatic N) is 4. The van der Waals surface area contributed by atoms with Crippen LogP contribution in [0.2, 0.25) is 0 Å². The molecule has 1 saturated carbocycles. The standard InChI is InChI=1S/C15H24N4O3/c1-16(2)15(22)18-7-5-17(6-8-18)14(21)11-9-13(20)19(10-11)12-3-4-12/h11-12H,3-10H2,1-2H3. The molecule has 1 atom stereocenters. The van der Waals surface area contributed by atoms with Crippen LogP contribution >= 0.6 is 0 Å². The van der Waals surface area contributed by atoms with E-state index < -0.39 is 0 Å². The number of rotatable bonds is 2. The predicted octanol–water partition coefficient (Wildman–Crippen LogP) is -0.177. The summed E-state index contributed by atoms with van der Waals surface area (Å²) in [5.41, 5.74) is 0. The molecule has 1 unspecified atom stereocenters. The SMILES string of the molecule is CN(C)C(=O)N1CCN(C(=O)C2CC(=O)N(C3CC3)C2)CC1. The van der Waals surface area contributed by atoms with E-state index in [1.165, 1.54) is 0 Å². The van der Waals surface area contributed by atoms with E-state index in [1.807, 2.05) is 9.80 Å². The second kappa shape index (κ2) is 5.78. The summed E-state index contributed by atoms with van der Waals surface area (Å²) < 4.78 is 0. The monoisotopic (exact) mass is 308 g/mol. The van der Waals surface area contributed by atoms with Gasteiger partial charge in [-0.15, -0.1) is 0 Å². The van der Waals surface area contributed by atoms with Gasteiger partial charge in [-0.1, -0.05) is 0 Å². The molecule has 7 heteroatoms. The fourth-order valence-electron chi connectivity index (χ4n) is 3.30. The molecule has 122 valence electrons. The lowest BCUT2D eigenvalue weighted by atomic mass is 10.1. The van der Waals surface area contributed by atoms with Crippen molar-refractivity contribution in [2.24, 2.45) is 5.92 Å². The number of hydrogen-bond acceptors (Lipinski definition) is 3. The van der Waals surface area contributed by atoms with Gasteiger partial charge in [0.15, 0.2) is 0 Å². The summed E-state index contributed by atoms with van der Waals surface area (Å²) in [7, 11) is 3.47. The van der Waals surface area contributed by atoms with Crippen LogP contribution in [-0.4, -0.2) is 90.3 Å². The van der Waals surface area contributed by atoms with E-state index in [0.717, 1.165) is 12.8 Å². The molecular formula is C15H24N4O3. The lowest BCUT2D eigenvalue weighted by Gasteiger charge is -2.36. The zero-order chi connectivity index (χ0) is 15.9.